The lowest BCUT2D eigenvalue weighted by Crippen LogP contribution is -2.44. The van der Waals surface area contributed by atoms with Crippen LogP contribution in [0.3, 0.4) is 0 Å². The SMILES string of the molecule is c1ccc(C2COC3c4ccccc4CC3N2)cc1. The normalized spacial score (nSPS) is 28.7. The molecule has 2 aliphatic rings. The van der Waals surface area contributed by atoms with Gasteiger partial charge in [0.1, 0.15) is 0 Å². The van der Waals surface area contributed by atoms with Gasteiger partial charge in [0, 0.05) is 6.04 Å². The third kappa shape index (κ3) is 1.88. The zero-order valence-electron chi connectivity index (χ0n) is 10.8. The van der Waals surface area contributed by atoms with Gasteiger partial charge in [0.2, 0.25) is 0 Å². The van der Waals surface area contributed by atoms with E-state index in [4.69, 9.17) is 4.74 Å². The topological polar surface area (TPSA) is 21.3 Å². The highest BCUT2D eigenvalue weighted by molar-refractivity contribution is 5.37. The fourth-order valence-corrected chi connectivity index (χ4v) is 3.29. The van der Waals surface area contributed by atoms with E-state index in [1.165, 1.54) is 16.7 Å². The molecule has 19 heavy (non-hydrogen) atoms. The molecular formula is C17H17NO. The van der Waals surface area contributed by atoms with Gasteiger partial charge in [-0.3, -0.25) is 0 Å². The van der Waals surface area contributed by atoms with Crippen LogP contribution in [0.15, 0.2) is 54.6 Å². The second-order valence-electron chi connectivity index (χ2n) is 5.39. The van der Waals surface area contributed by atoms with Crippen LogP contribution in [-0.2, 0) is 11.2 Å². The average Bonchev–Trinajstić information content (AvgIpc) is 2.86. The highest BCUT2D eigenvalue weighted by atomic mass is 16.5. The summed E-state index contributed by atoms with van der Waals surface area (Å²) in [5.41, 5.74) is 4.11. The van der Waals surface area contributed by atoms with Gasteiger partial charge in [0.15, 0.2) is 0 Å². The van der Waals surface area contributed by atoms with E-state index in [0.717, 1.165) is 13.0 Å². The summed E-state index contributed by atoms with van der Waals surface area (Å²) in [6.07, 6.45) is 1.31. The van der Waals surface area contributed by atoms with E-state index in [-0.39, 0.29) is 6.10 Å². The molecule has 0 spiro atoms. The summed E-state index contributed by atoms with van der Waals surface area (Å²) in [5, 5.41) is 3.75. The van der Waals surface area contributed by atoms with E-state index in [2.05, 4.69) is 59.9 Å². The molecule has 3 atom stereocenters. The Kier molecular flexibility index (Phi) is 2.64. The Morgan fingerprint density at radius 1 is 0.947 bits per heavy atom. The third-order valence-corrected chi connectivity index (χ3v) is 4.23. The van der Waals surface area contributed by atoms with Crippen molar-refractivity contribution in [3.05, 3.63) is 71.3 Å². The highest BCUT2D eigenvalue weighted by Crippen LogP contribution is 2.38. The summed E-state index contributed by atoms with van der Waals surface area (Å²) in [6, 6.07) is 19.9. The molecule has 1 aliphatic carbocycles. The first kappa shape index (κ1) is 11.2. The number of morpholine rings is 1. The summed E-state index contributed by atoms with van der Waals surface area (Å²) in [7, 11) is 0. The minimum Gasteiger partial charge on any atom is -0.370 e. The summed E-state index contributed by atoms with van der Waals surface area (Å²) in [4.78, 5) is 0. The molecule has 0 radical (unpaired) electrons. The lowest BCUT2D eigenvalue weighted by molar-refractivity contribution is -0.0218. The van der Waals surface area contributed by atoms with E-state index < -0.39 is 0 Å². The van der Waals surface area contributed by atoms with Crippen LogP contribution < -0.4 is 5.32 Å². The van der Waals surface area contributed by atoms with Crippen LogP contribution in [-0.4, -0.2) is 12.6 Å². The van der Waals surface area contributed by atoms with E-state index in [9.17, 15) is 0 Å². The van der Waals surface area contributed by atoms with Crippen molar-refractivity contribution in [1.82, 2.24) is 5.32 Å². The Morgan fingerprint density at radius 3 is 2.63 bits per heavy atom. The van der Waals surface area contributed by atoms with Crippen LogP contribution in [0, 0.1) is 0 Å². The molecule has 0 bridgehead atoms. The quantitative estimate of drug-likeness (QED) is 0.841. The first-order chi connectivity index (χ1) is 9.42. The predicted molar refractivity (Wildman–Crippen MR) is 74.9 cm³/mol. The molecule has 1 saturated heterocycles. The van der Waals surface area contributed by atoms with Crippen molar-refractivity contribution in [2.24, 2.45) is 0 Å². The van der Waals surface area contributed by atoms with Crippen LogP contribution in [0.4, 0.5) is 0 Å². The molecule has 1 N–H and O–H groups in total. The molecule has 0 amide bonds. The molecule has 1 fully saturated rings. The van der Waals surface area contributed by atoms with Gasteiger partial charge in [0.05, 0.1) is 18.8 Å². The van der Waals surface area contributed by atoms with Gasteiger partial charge in [-0.1, -0.05) is 54.6 Å². The largest absolute Gasteiger partial charge is 0.370 e. The number of benzene rings is 2. The zero-order valence-corrected chi connectivity index (χ0v) is 10.8. The Labute approximate surface area is 113 Å². The second-order valence-corrected chi connectivity index (χ2v) is 5.39. The fourth-order valence-electron chi connectivity index (χ4n) is 3.29. The van der Waals surface area contributed by atoms with E-state index in [0.29, 0.717) is 12.1 Å². The van der Waals surface area contributed by atoms with Crippen molar-refractivity contribution in [2.75, 3.05) is 6.61 Å². The van der Waals surface area contributed by atoms with Crippen molar-refractivity contribution in [3.63, 3.8) is 0 Å². The Bertz CT molecular complexity index is 581. The van der Waals surface area contributed by atoms with E-state index in [1.54, 1.807) is 0 Å². The summed E-state index contributed by atoms with van der Waals surface area (Å²) < 4.78 is 6.13. The lowest BCUT2D eigenvalue weighted by atomic mass is 10.0. The zero-order chi connectivity index (χ0) is 12.7. The molecule has 0 aromatic heterocycles. The van der Waals surface area contributed by atoms with Crippen LogP contribution in [0.5, 0.6) is 0 Å². The molecule has 1 heterocycles. The summed E-state index contributed by atoms with van der Waals surface area (Å²) >= 11 is 0. The first-order valence-corrected chi connectivity index (χ1v) is 6.92. The van der Waals surface area contributed by atoms with Crippen LogP contribution in [0.25, 0.3) is 0 Å². The molecule has 1 aliphatic heterocycles. The van der Waals surface area contributed by atoms with Crippen molar-refractivity contribution >= 4 is 0 Å². The second kappa shape index (κ2) is 4.48. The number of ether oxygens (including phenoxy) is 1. The maximum Gasteiger partial charge on any atom is 0.0984 e. The molecule has 0 saturated carbocycles. The Balaban J connectivity index is 1.58. The van der Waals surface area contributed by atoms with Crippen LogP contribution >= 0.6 is 0 Å². The van der Waals surface area contributed by atoms with Crippen LogP contribution in [0.2, 0.25) is 0 Å². The molecule has 4 rings (SSSR count). The number of hydrogen-bond acceptors (Lipinski definition) is 2. The van der Waals surface area contributed by atoms with E-state index >= 15 is 0 Å². The summed E-state index contributed by atoms with van der Waals surface area (Å²) in [5.74, 6) is 0. The van der Waals surface area contributed by atoms with Crippen molar-refractivity contribution < 1.29 is 4.74 Å². The fraction of sp³-hybridized carbons (Fsp3) is 0.294. The molecular weight excluding hydrogens is 234 g/mol. The van der Waals surface area contributed by atoms with Gasteiger partial charge in [-0.15, -0.1) is 0 Å². The molecule has 2 aromatic carbocycles. The Hall–Kier alpha value is -1.64. The number of rotatable bonds is 1. The van der Waals surface area contributed by atoms with Crippen molar-refractivity contribution in [1.29, 1.82) is 0 Å². The molecule has 2 aromatic rings. The maximum absolute atomic E-state index is 6.13. The van der Waals surface area contributed by atoms with Crippen molar-refractivity contribution in [2.45, 2.75) is 24.6 Å². The number of hydrogen-bond donors (Lipinski definition) is 1. The predicted octanol–water partition coefficient (Wildman–Crippen LogP) is 3.01. The molecule has 96 valence electrons. The van der Waals surface area contributed by atoms with Gasteiger partial charge in [-0.25, -0.2) is 0 Å². The lowest BCUT2D eigenvalue weighted by Gasteiger charge is -2.34. The van der Waals surface area contributed by atoms with Gasteiger partial charge >= 0.3 is 0 Å². The average molecular weight is 251 g/mol. The highest BCUT2D eigenvalue weighted by Gasteiger charge is 2.38. The third-order valence-electron chi connectivity index (χ3n) is 4.23. The molecule has 3 unspecified atom stereocenters. The van der Waals surface area contributed by atoms with Crippen molar-refractivity contribution in [3.8, 4) is 0 Å². The standard InChI is InChI=1S/C17H17NO/c1-2-6-12(7-3-1)16-11-19-17-14-9-5-4-8-13(14)10-15(17)18-16/h1-9,15-18H,10-11H2. The van der Waals surface area contributed by atoms with Gasteiger partial charge < -0.3 is 10.1 Å². The number of nitrogens with one attached hydrogen (secondary N) is 1. The van der Waals surface area contributed by atoms with Gasteiger partial charge in [0.25, 0.3) is 0 Å². The monoisotopic (exact) mass is 251 g/mol. The minimum absolute atomic E-state index is 0.233. The Morgan fingerprint density at radius 2 is 1.74 bits per heavy atom. The molecule has 2 nitrogen and oxygen atoms in total. The van der Waals surface area contributed by atoms with E-state index in [1.807, 2.05) is 0 Å². The smallest absolute Gasteiger partial charge is 0.0984 e. The van der Waals surface area contributed by atoms with Gasteiger partial charge in [-0.2, -0.15) is 0 Å². The maximum atomic E-state index is 6.13. The first-order valence-electron chi connectivity index (χ1n) is 6.92. The van der Waals surface area contributed by atoms with Gasteiger partial charge in [-0.05, 0) is 23.1 Å². The number of fused-ring (bicyclic) bond motifs is 3. The summed E-state index contributed by atoms with van der Waals surface area (Å²) in [6.45, 7) is 0.750. The van der Waals surface area contributed by atoms with Crippen LogP contribution in [0.1, 0.15) is 28.8 Å². The molecule has 2 heteroatoms. The minimum atomic E-state index is 0.233.